The fourth-order valence-corrected chi connectivity index (χ4v) is 3.01. The van der Waals surface area contributed by atoms with Crippen LogP contribution in [0.1, 0.15) is 24.1 Å². The summed E-state index contributed by atoms with van der Waals surface area (Å²) in [5.41, 5.74) is 1.35. The number of fused-ring (bicyclic) bond motifs is 2. The van der Waals surface area contributed by atoms with Crippen LogP contribution in [0.25, 0.3) is 16.6 Å². The molecule has 0 radical (unpaired) electrons. The molecule has 24 heavy (non-hydrogen) atoms. The Morgan fingerprint density at radius 2 is 2.00 bits per heavy atom. The SMILES string of the molecule is C[C@@H](c1c(F)cc2ncccc2c1F)c1cnc2ccc(Cl)nn12. The van der Waals surface area contributed by atoms with Gasteiger partial charge in [0.2, 0.25) is 0 Å². The summed E-state index contributed by atoms with van der Waals surface area (Å²) in [6, 6.07) is 7.75. The first-order valence-corrected chi connectivity index (χ1v) is 7.67. The van der Waals surface area contributed by atoms with Crippen LogP contribution in [0.3, 0.4) is 0 Å². The van der Waals surface area contributed by atoms with Crippen LogP contribution in [0.4, 0.5) is 8.78 Å². The fourth-order valence-electron chi connectivity index (χ4n) is 2.87. The molecule has 120 valence electrons. The molecule has 0 bridgehead atoms. The zero-order chi connectivity index (χ0) is 16.8. The van der Waals surface area contributed by atoms with Gasteiger partial charge in [-0.25, -0.2) is 18.3 Å². The van der Waals surface area contributed by atoms with Crippen LogP contribution in [-0.4, -0.2) is 19.6 Å². The zero-order valence-electron chi connectivity index (χ0n) is 12.5. The molecule has 0 aliphatic heterocycles. The van der Waals surface area contributed by atoms with Crippen LogP contribution in [0, 0.1) is 11.6 Å². The van der Waals surface area contributed by atoms with Gasteiger partial charge in [-0.1, -0.05) is 18.5 Å². The van der Waals surface area contributed by atoms with E-state index in [1.54, 1.807) is 37.4 Å². The van der Waals surface area contributed by atoms with Crippen molar-refractivity contribution in [2.45, 2.75) is 12.8 Å². The Bertz CT molecular complexity index is 1080. The number of hydrogen-bond donors (Lipinski definition) is 0. The first-order chi connectivity index (χ1) is 11.6. The molecule has 4 nitrogen and oxygen atoms in total. The van der Waals surface area contributed by atoms with Gasteiger partial charge in [0.15, 0.2) is 5.65 Å². The Morgan fingerprint density at radius 3 is 2.83 bits per heavy atom. The van der Waals surface area contributed by atoms with Gasteiger partial charge in [-0.15, -0.1) is 0 Å². The Labute approximate surface area is 140 Å². The van der Waals surface area contributed by atoms with Crippen molar-refractivity contribution in [3.63, 3.8) is 0 Å². The predicted molar refractivity (Wildman–Crippen MR) is 87.2 cm³/mol. The highest BCUT2D eigenvalue weighted by Gasteiger charge is 2.24. The minimum atomic E-state index is -0.650. The standard InChI is InChI=1S/C17H11ClF2N4/c1-9(13-8-22-15-5-4-14(18)23-24(13)15)16-11(19)7-12-10(17(16)20)3-2-6-21-12/h2-9H,1H3/t9-/m1/s1. The van der Waals surface area contributed by atoms with Crippen LogP contribution in [0.2, 0.25) is 5.15 Å². The van der Waals surface area contributed by atoms with E-state index in [9.17, 15) is 8.78 Å². The number of hydrogen-bond acceptors (Lipinski definition) is 3. The summed E-state index contributed by atoms with van der Waals surface area (Å²) in [5, 5.41) is 4.72. The molecule has 0 fully saturated rings. The maximum Gasteiger partial charge on any atom is 0.153 e. The van der Waals surface area contributed by atoms with E-state index in [-0.39, 0.29) is 21.6 Å². The normalized spacial score (nSPS) is 12.8. The van der Waals surface area contributed by atoms with E-state index in [2.05, 4.69) is 15.1 Å². The zero-order valence-corrected chi connectivity index (χ0v) is 13.3. The number of benzene rings is 1. The van der Waals surface area contributed by atoms with Crippen molar-refractivity contribution in [3.05, 3.63) is 70.8 Å². The third-order valence-electron chi connectivity index (χ3n) is 4.07. The molecule has 0 aliphatic carbocycles. The lowest BCUT2D eigenvalue weighted by molar-refractivity contribution is 0.551. The van der Waals surface area contributed by atoms with Crippen molar-refractivity contribution in [1.29, 1.82) is 0 Å². The maximum atomic E-state index is 14.9. The third kappa shape index (κ3) is 2.22. The number of rotatable bonds is 2. The van der Waals surface area contributed by atoms with Crippen LogP contribution < -0.4 is 0 Å². The van der Waals surface area contributed by atoms with E-state index >= 15 is 0 Å². The molecule has 3 heterocycles. The lowest BCUT2D eigenvalue weighted by atomic mass is 9.95. The van der Waals surface area contributed by atoms with E-state index in [1.165, 1.54) is 16.8 Å². The number of nitrogens with zero attached hydrogens (tertiary/aromatic N) is 4. The molecule has 0 saturated carbocycles. The van der Waals surface area contributed by atoms with Gasteiger partial charge in [-0.05, 0) is 24.3 Å². The molecule has 4 aromatic rings. The lowest BCUT2D eigenvalue weighted by Crippen LogP contribution is -2.08. The van der Waals surface area contributed by atoms with Crippen molar-refractivity contribution in [2.75, 3.05) is 0 Å². The predicted octanol–water partition coefficient (Wildman–Crippen LogP) is 4.36. The van der Waals surface area contributed by atoms with E-state index in [0.29, 0.717) is 11.3 Å². The van der Waals surface area contributed by atoms with E-state index in [4.69, 9.17) is 11.6 Å². The summed E-state index contributed by atoms with van der Waals surface area (Å²) in [4.78, 5) is 8.21. The third-order valence-corrected chi connectivity index (χ3v) is 4.27. The molecule has 1 atom stereocenters. The smallest absolute Gasteiger partial charge is 0.153 e. The monoisotopic (exact) mass is 344 g/mol. The number of imidazole rings is 1. The summed E-state index contributed by atoms with van der Waals surface area (Å²) >= 11 is 5.92. The van der Waals surface area contributed by atoms with Crippen molar-refractivity contribution >= 4 is 28.2 Å². The van der Waals surface area contributed by atoms with Gasteiger partial charge in [0.1, 0.15) is 16.8 Å². The number of aromatic nitrogens is 4. The van der Waals surface area contributed by atoms with Gasteiger partial charge >= 0.3 is 0 Å². The van der Waals surface area contributed by atoms with Crippen LogP contribution in [0.5, 0.6) is 0 Å². The van der Waals surface area contributed by atoms with Crippen molar-refractivity contribution < 1.29 is 8.78 Å². The van der Waals surface area contributed by atoms with E-state index < -0.39 is 17.6 Å². The number of pyridine rings is 1. The largest absolute Gasteiger partial charge is 0.256 e. The van der Waals surface area contributed by atoms with Crippen LogP contribution in [0.15, 0.2) is 42.7 Å². The fraction of sp³-hybridized carbons (Fsp3) is 0.118. The summed E-state index contributed by atoms with van der Waals surface area (Å²) in [5.74, 6) is -1.87. The minimum Gasteiger partial charge on any atom is -0.256 e. The van der Waals surface area contributed by atoms with Gasteiger partial charge in [0, 0.05) is 29.1 Å². The van der Waals surface area contributed by atoms with Gasteiger partial charge in [-0.3, -0.25) is 4.98 Å². The average Bonchev–Trinajstić information content (AvgIpc) is 2.97. The molecule has 0 N–H and O–H groups in total. The molecule has 0 saturated heterocycles. The highest BCUT2D eigenvalue weighted by molar-refractivity contribution is 6.29. The molecular formula is C17H11ClF2N4. The summed E-state index contributed by atoms with van der Waals surface area (Å²) < 4.78 is 30.9. The molecular weight excluding hydrogens is 334 g/mol. The Morgan fingerprint density at radius 1 is 1.17 bits per heavy atom. The van der Waals surface area contributed by atoms with Crippen molar-refractivity contribution in [3.8, 4) is 0 Å². The molecule has 0 unspecified atom stereocenters. The second-order valence-electron chi connectivity index (χ2n) is 5.49. The van der Waals surface area contributed by atoms with Gasteiger partial charge in [-0.2, -0.15) is 5.10 Å². The lowest BCUT2D eigenvalue weighted by Gasteiger charge is -2.15. The maximum absolute atomic E-state index is 14.9. The average molecular weight is 345 g/mol. The molecule has 1 aromatic carbocycles. The molecule has 7 heteroatoms. The van der Waals surface area contributed by atoms with Crippen LogP contribution >= 0.6 is 11.6 Å². The van der Waals surface area contributed by atoms with Gasteiger partial charge in [0.25, 0.3) is 0 Å². The Hall–Kier alpha value is -2.60. The first kappa shape index (κ1) is 15.0. The van der Waals surface area contributed by atoms with Gasteiger partial charge in [0.05, 0.1) is 17.4 Å². The minimum absolute atomic E-state index is 0.0425. The Kier molecular flexibility index (Phi) is 3.42. The molecule has 3 aromatic heterocycles. The second kappa shape index (κ2) is 5.49. The quantitative estimate of drug-likeness (QED) is 0.542. The van der Waals surface area contributed by atoms with E-state index in [0.717, 1.165) is 0 Å². The summed E-state index contributed by atoms with van der Waals surface area (Å²) in [6.07, 6.45) is 3.05. The Balaban J connectivity index is 1.94. The molecule has 0 spiro atoms. The summed E-state index contributed by atoms with van der Waals surface area (Å²) in [6.45, 7) is 1.70. The highest BCUT2D eigenvalue weighted by Crippen LogP contribution is 2.32. The molecule has 4 rings (SSSR count). The van der Waals surface area contributed by atoms with E-state index in [1.807, 2.05) is 0 Å². The molecule has 0 amide bonds. The summed E-state index contributed by atoms with van der Waals surface area (Å²) in [7, 11) is 0. The van der Waals surface area contributed by atoms with Crippen molar-refractivity contribution in [2.24, 2.45) is 0 Å². The highest BCUT2D eigenvalue weighted by atomic mass is 35.5. The van der Waals surface area contributed by atoms with Crippen molar-refractivity contribution in [1.82, 2.24) is 19.6 Å². The first-order valence-electron chi connectivity index (χ1n) is 7.29. The topological polar surface area (TPSA) is 43.1 Å². The number of halogens is 3. The molecule has 0 aliphatic rings. The second-order valence-corrected chi connectivity index (χ2v) is 5.87. The van der Waals surface area contributed by atoms with Crippen LogP contribution in [-0.2, 0) is 0 Å². The van der Waals surface area contributed by atoms with Gasteiger partial charge < -0.3 is 0 Å².